The van der Waals surface area contributed by atoms with E-state index in [2.05, 4.69) is 28.8 Å². The average molecular weight is 300 g/mol. The molecule has 0 spiro atoms. The number of fused-ring (bicyclic) bond motifs is 1. The average Bonchev–Trinajstić information content (AvgIpc) is 2.94. The molecule has 0 radical (unpaired) electrons. The van der Waals surface area contributed by atoms with Crippen molar-refractivity contribution < 1.29 is 4.74 Å². The van der Waals surface area contributed by atoms with Crippen LogP contribution >= 0.6 is 0 Å². The minimum atomic E-state index is 0.404. The van der Waals surface area contributed by atoms with Crippen LogP contribution in [0.3, 0.4) is 0 Å². The Balaban J connectivity index is 1.89. The molecule has 1 aliphatic carbocycles. The molecule has 0 aliphatic heterocycles. The smallest absolute Gasteiger partial charge is 0.207 e. The molecule has 2 rings (SSSR count). The van der Waals surface area contributed by atoms with Crippen molar-refractivity contribution in [2.75, 3.05) is 13.7 Å². The van der Waals surface area contributed by atoms with Crippen LogP contribution in [0.2, 0.25) is 0 Å². The summed E-state index contributed by atoms with van der Waals surface area (Å²) in [5, 5.41) is 0. The van der Waals surface area contributed by atoms with Gasteiger partial charge in [0.25, 0.3) is 0 Å². The normalized spacial score (nSPS) is 15.0. The van der Waals surface area contributed by atoms with Gasteiger partial charge in [-0.3, -0.25) is 10.4 Å². The van der Waals surface area contributed by atoms with Crippen molar-refractivity contribution in [2.24, 2.45) is 10.7 Å². The van der Waals surface area contributed by atoms with Crippen LogP contribution in [0.15, 0.2) is 35.5 Å². The number of nitrogens with zero attached hydrogens (tertiary/aromatic N) is 1. The van der Waals surface area contributed by atoms with Crippen molar-refractivity contribution in [3.8, 4) is 5.75 Å². The van der Waals surface area contributed by atoms with E-state index >= 15 is 0 Å². The predicted molar refractivity (Wildman–Crippen MR) is 92.3 cm³/mol. The molecule has 4 N–H and O–H groups in total. The number of rotatable bonds is 7. The Hall–Kier alpha value is -2.43. The summed E-state index contributed by atoms with van der Waals surface area (Å²) >= 11 is 0. The van der Waals surface area contributed by atoms with E-state index in [4.69, 9.17) is 10.5 Å². The molecule has 0 atom stereocenters. The molecule has 0 saturated carbocycles. The molecule has 1 aliphatic rings. The van der Waals surface area contributed by atoms with Crippen LogP contribution in [0, 0.1) is 0 Å². The second-order valence-corrected chi connectivity index (χ2v) is 5.13. The molecule has 0 unspecified atom stereocenters. The van der Waals surface area contributed by atoms with Gasteiger partial charge in [0.15, 0.2) is 0 Å². The zero-order chi connectivity index (χ0) is 15.8. The topological polar surface area (TPSA) is 71.7 Å². The van der Waals surface area contributed by atoms with E-state index in [1.54, 1.807) is 7.11 Å². The Bertz CT molecular complexity index is 590. The maximum atomic E-state index is 5.79. The van der Waals surface area contributed by atoms with Gasteiger partial charge in [-0.05, 0) is 35.3 Å². The van der Waals surface area contributed by atoms with Gasteiger partial charge in [0.2, 0.25) is 5.96 Å². The molecule has 5 heteroatoms. The SMILES string of the molecule is CCCCCN=C(N)NNC=C1C=Cc2ccc(OC)cc21. The number of nitrogens with one attached hydrogen (secondary N) is 2. The van der Waals surface area contributed by atoms with Gasteiger partial charge in [-0.15, -0.1) is 0 Å². The fraction of sp³-hybridized carbons (Fsp3) is 0.353. The number of benzene rings is 1. The minimum Gasteiger partial charge on any atom is -0.497 e. The van der Waals surface area contributed by atoms with Crippen molar-refractivity contribution in [1.82, 2.24) is 10.9 Å². The Labute approximate surface area is 131 Å². The third-order valence-corrected chi connectivity index (χ3v) is 3.49. The van der Waals surface area contributed by atoms with Gasteiger partial charge in [0.1, 0.15) is 5.75 Å². The summed E-state index contributed by atoms with van der Waals surface area (Å²) < 4.78 is 5.26. The van der Waals surface area contributed by atoms with Crippen LogP contribution < -0.4 is 21.3 Å². The van der Waals surface area contributed by atoms with Crippen molar-refractivity contribution in [1.29, 1.82) is 0 Å². The highest BCUT2D eigenvalue weighted by molar-refractivity contribution is 5.90. The number of allylic oxidation sites excluding steroid dienone is 2. The van der Waals surface area contributed by atoms with E-state index in [0.29, 0.717) is 5.96 Å². The number of hydrogen-bond acceptors (Lipinski definition) is 3. The number of aliphatic imine (C=N–C) groups is 1. The summed E-state index contributed by atoms with van der Waals surface area (Å²) in [6.45, 7) is 2.92. The van der Waals surface area contributed by atoms with E-state index in [-0.39, 0.29) is 0 Å². The third kappa shape index (κ3) is 4.28. The van der Waals surface area contributed by atoms with Crippen LogP contribution in [0.25, 0.3) is 11.6 Å². The second kappa shape index (κ2) is 8.12. The van der Waals surface area contributed by atoms with Crippen molar-refractivity contribution in [2.45, 2.75) is 26.2 Å². The van der Waals surface area contributed by atoms with Gasteiger partial charge in [-0.1, -0.05) is 38.0 Å². The molecule has 0 aromatic heterocycles. The molecule has 0 heterocycles. The first-order valence-electron chi connectivity index (χ1n) is 7.62. The maximum Gasteiger partial charge on any atom is 0.207 e. The number of methoxy groups -OCH3 is 1. The fourth-order valence-electron chi connectivity index (χ4n) is 2.24. The number of hydrogen-bond donors (Lipinski definition) is 3. The number of nitrogens with two attached hydrogens (primary N) is 1. The Morgan fingerprint density at radius 1 is 1.32 bits per heavy atom. The van der Waals surface area contributed by atoms with E-state index in [1.807, 2.05) is 30.5 Å². The predicted octanol–water partition coefficient (Wildman–Crippen LogP) is 2.66. The molecule has 0 fully saturated rings. The first kappa shape index (κ1) is 15.9. The monoisotopic (exact) mass is 300 g/mol. The summed E-state index contributed by atoms with van der Waals surface area (Å²) in [5.74, 6) is 1.25. The standard InChI is InChI=1S/C17H24N4O/c1-3-4-5-10-19-17(18)21-20-12-14-7-6-13-8-9-15(22-2)11-16(13)14/h6-9,11-12,20H,3-5,10H2,1-2H3,(H3,18,19,21). The van der Waals surface area contributed by atoms with Gasteiger partial charge in [0, 0.05) is 12.7 Å². The van der Waals surface area contributed by atoms with Crippen molar-refractivity contribution >= 4 is 17.6 Å². The Morgan fingerprint density at radius 2 is 2.18 bits per heavy atom. The van der Waals surface area contributed by atoms with Crippen LogP contribution in [0.5, 0.6) is 5.75 Å². The maximum absolute atomic E-state index is 5.79. The molecule has 5 nitrogen and oxygen atoms in total. The number of ether oxygens (including phenoxy) is 1. The second-order valence-electron chi connectivity index (χ2n) is 5.13. The van der Waals surface area contributed by atoms with Crippen molar-refractivity contribution in [3.63, 3.8) is 0 Å². The van der Waals surface area contributed by atoms with E-state index in [1.165, 1.54) is 18.4 Å². The van der Waals surface area contributed by atoms with Gasteiger partial charge < -0.3 is 15.9 Å². The molecule has 0 saturated heterocycles. The lowest BCUT2D eigenvalue weighted by atomic mass is 10.1. The Kier molecular flexibility index (Phi) is 5.89. The molecule has 0 amide bonds. The van der Waals surface area contributed by atoms with Gasteiger partial charge in [0.05, 0.1) is 7.11 Å². The first-order valence-corrected chi connectivity index (χ1v) is 7.62. The number of unbranched alkanes of at least 4 members (excludes halogenated alkanes) is 2. The summed E-state index contributed by atoms with van der Waals surface area (Å²) in [6.07, 6.45) is 9.42. The highest BCUT2D eigenvalue weighted by Gasteiger charge is 2.11. The van der Waals surface area contributed by atoms with Crippen LogP contribution in [0.4, 0.5) is 0 Å². The quantitative estimate of drug-likeness (QED) is 0.313. The van der Waals surface area contributed by atoms with Crippen LogP contribution in [0.1, 0.15) is 37.3 Å². The van der Waals surface area contributed by atoms with Crippen LogP contribution in [-0.2, 0) is 0 Å². The van der Waals surface area contributed by atoms with E-state index < -0.39 is 0 Å². The highest BCUT2D eigenvalue weighted by atomic mass is 16.5. The number of hydrazine groups is 1. The number of guanidine groups is 1. The minimum absolute atomic E-state index is 0.404. The summed E-state index contributed by atoms with van der Waals surface area (Å²) in [6, 6.07) is 6.02. The summed E-state index contributed by atoms with van der Waals surface area (Å²) in [7, 11) is 1.67. The molecule has 1 aromatic carbocycles. The lowest BCUT2D eigenvalue weighted by Gasteiger charge is -2.08. The molecule has 118 valence electrons. The lowest BCUT2D eigenvalue weighted by molar-refractivity contribution is 0.414. The molecular weight excluding hydrogens is 276 g/mol. The summed E-state index contributed by atoms with van der Waals surface area (Å²) in [4.78, 5) is 4.25. The molecular formula is C17H24N4O. The van der Waals surface area contributed by atoms with E-state index in [0.717, 1.165) is 29.9 Å². The first-order chi connectivity index (χ1) is 10.7. The van der Waals surface area contributed by atoms with Gasteiger partial charge >= 0.3 is 0 Å². The molecule has 0 bridgehead atoms. The summed E-state index contributed by atoms with van der Waals surface area (Å²) in [5.41, 5.74) is 15.0. The largest absolute Gasteiger partial charge is 0.497 e. The third-order valence-electron chi connectivity index (χ3n) is 3.49. The fourth-order valence-corrected chi connectivity index (χ4v) is 2.24. The zero-order valence-electron chi connectivity index (χ0n) is 13.2. The zero-order valence-corrected chi connectivity index (χ0v) is 13.2. The highest BCUT2D eigenvalue weighted by Crippen LogP contribution is 2.31. The molecule has 22 heavy (non-hydrogen) atoms. The van der Waals surface area contributed by atoms with Gasteiger partial charge in [-0.2, -0.15) is 0 Å². The lowest BCUT2D eigenvalue weighted by Crippen LogP contribution is -2.39. The van der Waals surface area contributed by atoms with Gasteiger partial charge in [-0.25, -0.2) is 0 Å². The Morgan fingerprint density at radius 3 is 2.95 bits per heavy atom. The van der Waals surface area contributed by atoms with Crippen LogP contribution in [-0.4, -0.2) is 19.6 Å². The van der Waals surface area contributed by atoms with E-state index in [9.17, 15) is 0 Å². The molecule has 1 aromatic rings. The van der Waals surface area contributed by atoms with Crippen molar-refractivity contribution in [3.05, 3.63) is 41.6 Å².